The zero-order valence-electron chi connectivity index (χ0n) is 15.0. The van der Waals surface area contributed by atoms with Crippen molar-refractivity contribution in [2.45, 2.75) is 46.3 Å². The molecule has 0 aliphatic carbocycles. The summed E-state index contributed by atoms with van der Waals surface area (Å²) in [4.78, 5) is 24.0. The van der Waals surface area contributed by atoms with E-state index in [0.717, 1.165) is 5.56 Å². The quantitative estimate of drug-likeness (QED) is 0.804. The molecule has 1 unspecified atom stereocenters. The van der Waals surface area contributed by atoms with Crippen LogP contribution in [0.4, 0.5) is 4.79 Å². The minimum absolute atomic E-state index is 0.108. The lowest BCUT2D eigenvalue weighted by atomic mass is 10.1. The summed E-state index contributed by atoms with van der Waals surface area (Å²) in [6, 6.07) is 8.98. The summed E-state index contributed by atoms with van der Waals surface area (Å²) in [7, 11) is 0. The predicted molar refractivity (Wildman–Crippen MR) is 94.4 cm³/mol. The van der Waals surface area contributed by atoms with Crippen LogP contribution in [0.5, 0.6) is 0 Å². The lowest BCUT2D eigenvalue weighted by Crippen LogP contribution is -2.47. The minimum atomic E-state index is -0.745. The van der Waals surface area contributed by atoms with Crippen molar-refractivity contribution in [3.63, 3.8) is 0 Å². The van der Waals surface area contributed by atoms with Crippen LogP contribution < -0.4 is 5.32 Å². The lowest BCUT2D eigenvalue weighted by Gasteiger charge is -2.24. The lowest BCUT2D eigenvalue weighted by molar-refractivity contribution is -0.146. The van der Waals surface area contributed by atoms with Crippen LogP contribution in [0.2, 0.25) is 0 Å². The Morgan fingerprint density at radius 2 is 1.79 bits per heavy atom. The molecule has 132 valence electrons. The highest BCUT2D eigenvalue weighted by atomic mass is 16.6. The normalized spacial score (nSPS) is 12.9. The summed E-state index contributed by atoms with van der Waals surface area (Å²) < 4.78 is 10.4. The van der Waals surface area contributed by atoms with Gasteiger partial charge in [-0.3, -0.25) is 0 Å². The molecule has 0 radical (unpaired) electrons. The Labute approximate surface area is 144 Å². The molecule has 1 aromatic rings. The molecule has 1 N–H and O–H groups in total. The molecule has 0 aliphatic rings. The van der Waals surface area contributed by atoms with Gasteiger partial charge in [0, 0.05) is 0 Å². The highest BCUT2D eigenvalue weighted by molar-refractivity contribution is 5.81. The van der Waals surface area contributed by atoms with Gasteiger partial charge in [0.15, 0.2) is 0 Å². The summed E-state index contributed by atoms with van der Waals surface area (Å²) in [6.45, 7) is 9.12. The average molecular weight is 333 g/mol. The molecule has 1 atom stereocenters. The Balaban J connectivity index is 2.51. The summed E-state index contributed by atoms with van der Waals surface area (Å²) in [6.07, 6.45) is 3.01. The van der Waals surface area contributed by atoms with Crippen molar-refractivity contribution in [2.24, 2.45) is 5.92 Å². The summed E-state index contributed by atoms with van der Waals surface area (Å²) in [5.41, 5.74) is 0.411. The van der Waals surface area contributed by atoms with Crippen LogP contribution >= 0.6 is 0 Å². The first kappa shape index (κ1) is 19.7. The molecule has 24 heavy (non-hydrogen) atoms. The number of carbonyl (C=O) groups excluding carboxylic acids is 2. The second kappa shape index (κ2) is 9.11. The van der Waals surface area contributed by atoms with Crippen molar-refractivity contribution in [1.29, 1.82) is 0 Å². The number of esters is 1. The first-order valence-corrected chi connectivity index (χ1v) is 8.07. The SMILES string of the molecule is CC(C)C(NC(=O)OC(C)(C)C)C(=O)OC/C=C/c1ccccc1. The summed E-state index contributed by atoms with van der Waals surface area (Å²) in [5, 5.41) is 2.57. The van der Waals surface area contributed by atoms with Crippen LogP contribution in [-0.4, -0.2) is 30.3 Å². The maximum Gasteiger partial charge on any atom is 0.408 e. The molecular formula is C19H27NO4. The van der Waals surface area contributed by atoms with E-state index in [9.17, 15) is 9.59 Å². The number of amides is 1. The van der Waals surface area contributed by atoms with E-state index < -0.39 is 23.7 Å². The van der Waals surface area contributed by atoms with Gasteiger partial charge in [0.05, 0.1) is 0 Å². The van der Waals surface area contributed by atoms with Gasteiger partial charge in [-0.15, -0.1) is 0 Å². The number of ether oxygens (including phenoxy) is 2. The molecule has 0 spiro atoms. The first-order valence-electron chi connectivity index (χ1n) is 8.07. The van der Waals surface area contributed by atoms with Gasteiger partial charge < -0.3 is 14.8 Å². The highest BCUT2D eigenvalue weighted by Crippen LogP contribution is 2.10. The second-order valence-corrected chi connectivity index (χ2v) is 6.81. The molecule has 1 amide bonds. The maximum atomic E-state index is 12.2. The number of nitrogens with one attached hydrogen (secondary N) is 1. The third-order valence-corrected chi connectivity index (χ3v) is 3.02. The van der Waals surface area contributed by atoms with E-state index in [-0.39, 0.29) is 12.5 Å². The highest BCUT2D eigenvalue weighted by Gasteiger charge is 2.27. The maximum absolute atomic E-state index is 12.2. The van der Waals surface area contributed by atoms with Crippen LogP contribution in [0.3, 0.4) is 0 Å². The Morgan fingerprint density at radius 3 is 2.33 bits per heavy atom. The summed E-state index contributed by atoms with van der Waals surface area (Å²) >= 11 is 0. The van der Waals surface area contributed by atoms with Gasteiger partial charge in [-0.05, 0) is 38.3 Å². The van der Waals surface area contributed by atoms with Crippen LogP contribution in [-0.2, 0) is 14.3 Å². The molecule has 0 saturated heterocycles. The number of hydrogen-bond donors (Lipinski definition) is 1. The zero-order chi connectivity index (χ0) is 18.2. The fourth-order valence-corrected chi connectivity index (χ4v) is 1.90. The van der Waals surface area contributed by atoms with E-state index in [0.29, 0.717) is 0 Å². The second-order valence-electron chi connectivity index (χ2n) is 6.81. The number of carbonyl (C=O) groups is 2. The first-order chi connectivity index (χ1) is 11.2. The van der Waals surface area contributed by atoms with E-state index in [1.807, 2.05) is 50.3 Å². The van der Waals surface area contributed by atoms with Crippen LogP contribution in [0.25, 0.3) is 6.08 Å². The predicted octanol–water partition coefficient (Wildman–Crippen LogP) is 3.79. The molecule has 5 heteroatoms. The van der Waals surface area contributed by atoms with E-state index >= 15 is 0 Å². The molecule has 1 rings (SSSR count). The topological polar surface area (TPSA) is 64.6 Å². The van der Waals surface area contributed by atoms with Gasteiger partial charge in [0.1, 0.15) is 18.2 Å². The zero-order valence-corrected chi connectivity index (χ0v) is 15.0. The fourth-order valence-electron chi connectivity index (χ4n) is 1.90. The Hall–Kier alpha value is -2.30. The molecule has 0 saturated carbocycles. The van der Waals surface area contributed by atoms with Crippen molar-refractivity contribution in [1.82, 2.24) is 5.32 Å². The van der Waals surface area contributed by atoms with E-state index in [4.69, 9.17) is 9.47 Å². The number of hydrogen-bond acceptors (Lipinski definition) is 4. The Bertz CT molecular complexity index is 558. The van der Waals surface area contributed by atoms with Crippen molar-refractivity contribution >= 4 is 18.1 Å². The van der Waals surface area contributed by atoms with Gasteiger partial charge in [-0.2, -0.15) is 0 Å². The average Bonchev–Trinajstić information content (AvgIpc) is 2.48. The molecule has 5 nitrogen and oxygen atoms in total. The number of benzene rings is 1. The van der Waals surface area contributed by atoms with Gasteiger partial charge in [-0.25, -0.2) is 9.59 Å². The molecule has 0 aliphatic heterocycles. The number of alkyl carbamates (subject to hydrolysis) is 1. The van der Waals surface area contributed by atoms with Crippen LogP contribution in [0.15, 0.2) is 36.4 Å². The smallest absolute Gasteiger partial charge is 0.408 e. The molecule has 0 heterocycles. The standard InChI is InChI=1S/C19H27NO4/c1-14(2)16(20-18(22)24-19(3,4)5)17(21)23-13-9-12-15-10-7-6-8-11-15/h6-12,14,16H,13H2,1-5H3,(H,20,22)/b12-9+. The monoisotopic (exact) mass is 333 g/mol. The van der Waals surface area contributed by atoms with Gasteiger partial charge in [0.2, 0.25) is 0 Å². The Morgan fingerprint density at radius 1 is 1.17 bits per heavy atom. The van der Waals surface area contributed by atoms with Crippen molar-refractivity contribution < 1.29 is 19.1 Å². The molecule has 1 aromatic carbocycles. The van der Waals surface area contributed by atoms with E-state index in [2.05, 4.69) is 5.32 Å². The van der Waals surface area contributed by atoms with Crippen molar-refractivity contribution in [3.8, 4) is 0 Å². The third-order valence-electron chi connectivity index (χ3n) is 3.02. The fraction of sp³-hybridized carbons (Fsp3) is 0.474. The molecule has 0 bridgehead atoms. The molecule has 0 fully saturated rings. The van der Waals surface area contributed by atoms with Crippen molar-refractivity contribution in [3.05, 3.63) is 42.0 Å². The van der Waals surface area contributed by atoms with E-state index in [1.165, 1.54) is 0 Å². The summed E-state index contributed by atoms with van der Waals surface area (Å²) in [5.74, 6) is -0.586. The van der Waals surface area contributed by atoms with Crippen LogP contribution in [0, 0.1) is 5.92 Å². The minimum Gasteiger partial charge on any atom is -0.460 e. The van der Waals surface area contributed by atoms with Gasteiger partial charge in [0.25, 0.3) is 0 Å². The Kier molecular flexibility index (Phi) is 7.49. The van der Waals surface area contributed by atoms with Gasteiger partial charge >= 0.3 is 12.1 Å². The third kappa shape index (κ3) is 7.81. The van der Waals surface area contributed by atoms with Gasteiger partial charge in [-0.1, -0.05) is 50.3 Å². The van der Waals surface area contributed by atoms with E-state index in [1.54, 1.807) is 26.8 Å². The van der Waals surface area contributed by atoms with Crippen molar-refractivity contribution in [2.75, 3.05) is 6.61 Å². The largest absolute Gasteiger partial charge is 0.460 e. The van der Waals surface area contributed by atoms with Crippen LogP contribution in [0.1, 0.15) is 40.2 Å². The molecular weight excluding hydrogens is 306 g/mol. The number of rotatable bonds is 6. The molecule has 0 aromatic heterocycles.